The number of aromatic nitrogens is 7. The van der Waals surface area contributed by atoms with Crippen LogP contribution in [0.25, 0.3) is 48.6 Å². The lowest BCUT2D eigenvalue weighted by molar-refractivity contribution is -0.280. The largest absolute Gasteiger partial charge is 0.506 e. The van der Waals surface area contributed by atoms with Gasteiger partial charge in [-0.05, 0) is 66.4 Å². The van der Waals surface area contributed by atoms with Gasteiger partial charge in [0.25, 0.3) is 29.5 Å². The number of fused-ring (bicyclic) bond motifs is 15. The number of esters is 1. The number of carbonyl (C=O) groups excluding carboxylic acids is 8. The number of allylic oxidation sites excluding steroid dienone is 2. The SMILES string of the molecule is COC(C)=C1NC(=O)/C(=C(\C)OC)NC(=O)C(C(C)O)NC(=O)c2csc(n2)-c2cc(O)c(-c3nc(C(N)=O)cs3)nc2-c2nc(cs2)C2CSC(=O)c3[nH]c4cccc5c4c3COC(C(OC3CC(C)(O)C(N(C)C)C(C)O3)C(=O)OC5)C(NC(=O)c3csc1n3)c1nc(cs1)C(=O)N2. The van der Waals surface area contributed by atoms with Gasteiger partial charge < -0.3 is 85.9 Å². The Kier molecular flexibility index (Phi) is 20.5. The first-order chi connectivity index (χ1) is 47.7. The highest BCUT2D eigenvalue weighted by Gasteiger charge is 2.50. The molecule has 0 spiro atoms. The second-order valence-corrected chi connectivity index (χ2v) is 29.2. The number of aliphatic hydroxyl groups is 2. The number of pyridine rings is 1. The van der Waals surface area contributed by atoms with Crippen LogP contribution in [-0.4, -0.2) is 184 Å². The van der Waals surface area contributed by atoms with E-state index in [1.165, 1.54) is 62.6 Å². The number of nitrogens with two attached hydrogens (primary N) is 1. The van der Waals surface area contributed by atoms with Gasteiger partial charge in [0.2, 0.25) is 11.0 Å². The van der Waals surface area contributed by atoms with Crippen LogP contribution in [0, 0.1) is 0 Å². The second kappa shape index (κ2) is 28.9. The van der Waals surface area contributed by atoms with Crippen LogP contribution in [0.1, 0.15) is 132 Å². The Bertz CT molecular complexity index is 4660. The minimum atomic E-state index is -1.85. The quantitative estimate of drug-likeness (QED) is 0.0526. The maximum atomic E-state index is 15.3. The molecule has 1 saturated heterocycles. The Morgan fingerprint density at radius 3 is 2.14 bits per heavy atom. The number of hydrogen-bond donors (Lipinski definition) is 10. The van der Waals surface area contributed by atoms with Crippen molar-refractivity contribution in [2.45, 2.75) is 115 Å². The van der Waals surface area contributed by atoms with E-state index in [1.54, 1.807) is 51.5 Å². The summed E-state index contributed by atoms with van der Waals surface area (Å²) in [5, 5.41) is 55.8. The Balaban J connectivity index is 1.04. The maximum Gasteiger partial charge on any atom is 0.338 e. The van der Waals surface area contributed by atoms with Crippen molar-refractivity contribution >= 4 is 132 Å². The first-order valence-electron chi connectivity index (χ1n) is 30.5. The molecule has 0 aliphatic carbocycles. The van der Waals surface area contributed by atoms with Crippen molar-refractivity contribution in [3.8, 4) is 37.7 Å². The lowest BCUT2D eigenvalue weighted by atomic mass is 9.85. The van der Waals surface area contributed by atoms with Crippen LogP contribution in [0.15, 0.2) is 68.4 Å². The number of benzene rings is 1. The van der Waals surface area contributed by atoms with Crippen molar-refractivity contribution in [3.63, 3.8) is 0 Å². The van der Waals surface area contributed by atoms with Gasteiger partial charge in [0.15, 0.2) is 12.4 Å². The average Bonchev–Trinajstić information content (AvgIpc) is 1.53. The van der Waals surface area contributed by atoms with E-state index in [-0.39, 0.29) is 112 Å². The molecule has 12 rings (SSSR count). The molecule has 10 atom stereocenters. The maximum absolute atomic E-state index is 15.3. The molecule has 37 heteroatoms. The van der Waals surface area contributed by atoms with E-state index >= 15 is 19.2 Å². The van der Waals surface area contributed by atoms with Crippen LogP contribution in [-0.2, 0) is 56.0 Å². The number of hydrogen-bond acceptors (Lipinski definition) is 30. The van der Waals surface area contributed by atoms with E-state index in [0.29, 0.717) is 22.0 Å². The van der Waals surface area contributed by atoms with Crippen molar-refractivity contribution in [2.75, 3.05) is 34.1 Å². The normalized spacial score (nSPS) is 24.8. The number of amides is 6. The highest BCUT2D eigenvalue weighted by molar-refractivity contribution is 8.14. The van der Waals surface area contributed by atoms with E-state index in [1.807, 2.05) is 4.90 Å². The van der Waals surface area contributed by atoms with Crippen LogP contribution < -0.4 is 32.3 Å². The molecule has 1 aromatic carbocycles. The number of thioether (sulfide) groups is 1. The zero-order valence-corrected chi connectivity index (χ0v) is 59.3. The van der Waals surface area contributed by atoms with Crippen molar-refractivity contribution in [3.05, 3.63) is 124 Å². The van der Waals surface area contributed by atoms with Gasteiger partial charge in [-0.15, -0.1) is 56.7 Å². The molecule has 10 unspecified atom stereocenters. The standard InChI is InChI=1S/C63H64N14O17S6/c1-23(78)40-54(84)74-41(24(2)89-8)55(85)75-42(25(3)90-9)57-70-36(22-98-57)53(83)76-46-47-48(94-38-14-63(5,88)49(77(6)7)26(4)93-38)61(86)92-15-27-11-10-12-30-39(27)29(16-91-47)44(65-30)62(87)100-18-31(66-51(81)34-21-99-60(46)71-34)32-17-96-58(67-32)43-28(56-69-35(20-95-56)52(82)73-40)13-37(79)45(72-43)59-68-33(19-97-59)50(64)80/h10-13,17,19-23,26,31,38,40,46-49,65,78-79,88H,14-16,18H2,1-9H3,(H2,64,80)(H,66,81)(H,73,82)(H,74,84)(H,75,85)(H,76,83)/b41-24-,42-25?. The van der Waals surface area contributed by atoms with Gasteiger partial charge in [-0.3, -0.25) is 33.6 Å². The Morgan fingerprint density at radius 1 is 0.780 bits per heavy atom. The molecular weight excluding hydrogens is 1420 g/mol. The van der Waals surface area contributed by atoms with Crippen molar-refractivity contribution in [1.29, 1.82) is 0 Å². The Morgan fingerprint density at radius 2 is 1.44 bits per heavy atom. The molecule has 7 aromatic heterocycles. The monoisotopic (exact) mass is 1480 g/mol. The number of ether oxygens (including phenoxy) is 6. The minimum absolute atomic E-state index is 0.0136. The third-order valence-electron chi connectivity index (χ3n) is 16.8. The number of aromatic amines is 1. The predicted molar refractivity (Wildman–Crippen MR) is 366 cm³/mol. The molecular formula is C63H64N14O17S6. The number of thiazole rings is 5. The number of methoxy groups -OCH3 is 2. The van der Waals surface area contributed by atoms with Crippen LogP contribution in [0.5, 0.6) is 5.75 Å². The molecule has 524 valence electrons. The van der Waals surface area contributed by atoms with E-state index in [9.17, 15) is 34.5 Å². The number of nitrogens with one attached hydrogen (secondary N) is 6. The van der Waals surface area contributed by atoms with Gasteiger partial charge in [0.05, 0.1) is 62.1 Å². The van der Waals surface area contributed by atoms with Crippen LogP contribution in [0.2, 0.25) is 0 Å². The molecule has 11 N–H and O–H groups in total. The van der Waals surface area contributed by atoms with Crippen LogP contribution >= 0.6 is 68.4 Å². The molecule has 100 heavy (non-hydrogen) atoms. The summed E-state index contributed by atoms with van der Waals surface area (Å²) >= 11 is 5.54. The number of aromatic hydroxyl groups is 1. The molecule has 31 nitrogen and oxygen atoms in total. The van der Waals surface area contributed by atoms with Gasteiger partial charge >= 0.3 is 5.97 Å². The highest BCUT2D eigenvalue weighted by atomic mass is 32.2. The molecule has 6 amide bonds. The summed E-state index contributed by atoms with van der Waals surface area (Å²) < 4.78 is 37.3. The summed E-state index contributed by atoms with van der Waals surface area (Å²) in [6.07, 6.45) is -7.33. The smallest absolute Gasteiger partial charge is 0.338 e. The number of likely N-dealkylation sites (N-methyl/N-ethyl adjacent to an activating group) is 1. The van der Waals surface area contributed by atoms with Crippen molar-refractivity contribution in [2.24, 2.45) is 5.73 Å². The summed E-state index contributed by atoms with van der Waals surface area (Å²) in [4.78, 5) is 149. The van der Waals surface area contributed by atoms with E-state index in [4.69, 9.17) is 49.1 Å². The topological polar surface area (TPSA) is 435 Å². The number of aliphatic hydroxyl groups excluding tert-OH is 1. The lowest BCUT2D eigenvalue weighted by Crippen LogP contribution is -2.62. The molecule has 4 aliphatic heterocycles. The summed E-state index contributed by atoms with van der Waals surface area (Å²) in [5.41, 5.74) is 4.25. The third kappa shape index (κ3) is 14.2. The molecule has 11 heterocycles. The number of carbonyl (C=O) groups is 8. The highest BCUT2D eigenvalue weighted by Crippen LogP contribution is 2.43. The van der Waals surface area contributed by atoms with Gasteiger partial charge in [-0.2, -0.15) is 0 Å². The van der Waals surface area contributed by atoms with Crippen LogP contribution in [0.3, 0.4) is 0 Å². The fourth-order valence-corrected chi connectivity index (χ4v) is 17.1. The number of H-pyrrole nitrogens is 1. The van der Waals surface area contributed by atoms with Crippen LogP contribution in [0.4, 0.5) is 0 Å². The van der Waals surface area contributed by atoms with Gasteiger partial charge in [-0.1, -0.05) is 23.9 Å². The second-order valence-electron chi connectivity index (χ2n) is 23.9. The lowest BCUT2D eigenvalue weighted by Gasteiger charge is -2.48. The van der Waals surface area contributed by atoms with Gasteiger partial charge in [0.1, 0.15) is 113 Å². The number of nitrogens with zero attached hydrogens (tertiary/aromatic N) is 7. The summed E-state index contributed by atoms with van der Waals surface area (Å²) in [5.74, 6) is -7.31. The Labute approximate surface area is 592 Å². The fourth-order valence-electron chi connectivity index (χ4n) is 11.9. The minimum Gasteiger partial charge on any atom is -0.506 e. The fraction of sp³-hybridized carbons (Fsp3) is 0.365. The predicted octanol–water partition coefficient (Wildman–Crippen LogP) is 5.26. The summed E-state index contributed by atoms with van der Waals surface area (Å²) in [6.45, 7) is 6.64. The molecule has 8 aromatic rings. The molecule has 0 radical (unpaired) electrons. The first kappa shape index (κ1) is 70.9. The van der Waals surface area contributed by atoms with Crippen molar-refractivity contribution in [1.82, 2.24) is 66.4 Å². The molecule has 4 aliphatic rings. The van der Waals surface area contributed by atoms with E-state index < -0.39 is 125 Å². The molecule has 0 saturated carbocycles. The zero-order valence-electron chi connectivity index (χ0n) is 54.4. The number of cyclic esters (lactones) is 1. The number of primary amides is 1. The molecule has 1 fully saturated rings. The van der Waals surface area contributed by atoms with E-state index in [0.717, 1.165) is 68.4 Å². The Hall–Kier alpha value is -8.99. The number of rotatable bonds is 8. The third-order valence-corrected chi connectivity index (χ3v) is 22.1. The molecule has 12 bridgehead atoms. The van der Waals surface area contributed by atoms with Crippen molar-refractivity contribution < 1.29 is 82.1 Å². The first-order valence-corrected chi connectivity index (χ1v) is 35.9. The van der Waals surface area contributed by atoms with Gasteiger partial charge in [-0.25, -0.2) is 34.7 Å². The average molecular weight is 1480 g/mol. The van der Waals surface area contributed by atoms with Gasteiger partial charge in [0, 0.05) is 61.1 Å². The summed E-state index contributed by atoms with van der Waals surface area (Å²) in [6, 6.07) is 1.47. The summed E-state index contributed by atoms with van der Waals surface area (Å²) in [7, 11) is 6.11. The zero-order chi connectivity index (χ0) is 71.3. The van der Waals surface area contributed by atoms with E-state index in [2.05, 4.69) is 46.5 Å².